The number of hydrogen-bond acceptors (Lipinski definition) is 1. The third kappa shape index (κ3) is 1.27. The average molecular weight is 198 g/mol. The van der Waals surface area contributed by atoms with E-state index < -0.39 is 0 Å². The van der Waals surface area contributed by atoms with Crippen molar-refractivity contribution in [3.05, 3.63) is 47.5 Å². The SMILES string of the molecule is CCOC1Cc2cccc3cccc1c23. The van der Waals surface area contributed by atoms with Gasteiger partial charge in [-0.1, -0.05) is 36.4 Å². The minimum atomic E-state index is 0.274. The molecule has 1 heteroatoms. The van der Waals surface area contributed by atoms with E-state index in [2.05, 4.69) is 43.3 Å². The van der Waals surface area contributed by atoms with Crippen molar-refractivity contribution in [1.29, 1.82) is 0 Å². The van der Waals surface area contributed by atoms with Crippen molar-refractivity contribution >= 4 is 10.8 Å². The third-order valence-corrected chi connectivity index (χ3v) is 3.14. The lowest BCUT2D eigenvalue weighted by atomic mass is 10.1. The fourth-order valence-electron chi connectivity index (χ4n) is 2.55. The summed E-state index contributed by atoms with van der Waals surface area (Å²) >= 11 is 0. The normalized spacial score (nSPS) is 18.6. The van der Waals surface area contributed by atoms with Crippen molar-refractivity contribution in [2.75, 3.05) is 6.61 Å². The highest BCUT2D eigenvalue weighted by atomic mass is 16.5. The van der Waals surface area contributed by atoms with Gasteiger partial charge in [0.1, 0.15) is 0 Å². The van der Waals surface area contributed by atoms with Gasteiger partial charge in [0.2, 0.25) is 0 Å². The van der Waals surface area contributed by atoms with Crippen LogP contribution in [0.25, 0.3) is 10.8 Å². The summed E-state index contributed by atoms with van der Waals surface area (Å²) in [6.07, 6.45) is 1.31. The first-order valence-corrected chi connectivity index (χ1v) is 5.52. The van der Waals surface area contributed by atoms with E-state index in [-0.39, 0.29) is 6.10 Å². The summed E-state index contributed by atoms with van der Waals surface area (Å²) in [5, 5.41) is 2.76. The predicted octanol–water partition coefficient (Wildman–Crippen LogP) is 3.47. The molecule has 2 aromatic carbocycles. The predicted molar refractivity (Wildman–Crippen MR) is 62.0 cm³/mol. The fraction of sp³-hybridized carbons (Fsp3) is 0.286. The van der Waals surface area contributed by atoms with Crippen molar-refractivity contribution in [2.45, 2.75) is 19.4 Å². The highest BCUT2D eigenvalue weighted by Gasteiger charge is 2.23. The second-order valence-corrected chi connectivity index (χ2v) is 4.01. The van der Waals surface area contributed by atoms with Crippen LogP contribution >= 0.6 is 0 Å². The molecule has 0 saturated heterocycles. The minimum Gasteiger partial charge on any atom is -0.373 e. The number of hydrogen-bond donors (Lipinski definition) is 0. The molecule has 0 spiro atoms. The van der Waals surface area contributed by atoms with E-state index in [0.717, 1.165) is 13.0 Å². The molecule has 1 atom stereocenters. The highest BCUT2D eigenvalue weighted by Crippen LogP contribution is 2.38. The van der Waals surface area contributed by atoms with Gasteiger partial charge in [-0.25, -0.2) is 0 Å². The van der Waals surface area contributed by atoms with Crippen molar-refractivity contribution in [3.63, 3.8) is 0 Å². The van der Waals surface area contributed by atoms with Crippen LogP contribution in [0.15, 0.2) is 36.4 Å². The van der Waals surface area contributed by atoms with E-state index in [9.17, 15) is 0 Å². The summed E-state index contributed by atoms with van der Waals surface area (Å²) < 4.78 is 5.78. The molecule has 1 unspecified atom stereocenters. The molecule has 0 aromatic heterocycles. The lowest BCUT2D eigenvalue weighted by molar-refractivity contribution is 0.0674. The maximum Gasteiger partial charge on any atom is 0.0871 e. The molecule has 2 aromatic rings. The van der Waals surface area contributed by atoms with Gasteiger partial charge in [-0.15, -0.1) is 0 Å². The zero-order valence-electron chi connectivity index (χ0n) is 8.86. The Kier molecular flexibility index (Phi) is 2.00. The molecule has 3 rings (SSSR count). The molecule has 0 N–H and O–H groups in total. The Morgan fingerprint density at radius 1 is 1.20 bits per heavy atom. The molecular weight excluding hydrogens is 184 g/mol. The van der Waals surface area contributed by atoms with Gasteiger partial charge in [-0.2, -0.15) is 0 Å². The van der Waals surface area contributed by atoms with Gasteiger partial charge >= 0.3 is 0 Å². The molecule has 0 fully saturated rings. The summed E-state index contributed by atoms with van der Waals surface area (Å²) in [4.78, 5) is 0. The highest BCUT2D eigenvalue weighted by molar-refractivity contribution is 5.91. The third-order valence-electron chi connectivity index (χ3n) is 3.14. The molecule has 0 aliphatic heterocycles. The quantitative estimate of drug-likeness (QED) is 0.718. The molecule has 1 nitrogen and oxygen atoms in total. The standard InChI is InChI=1S/C14H14O/c1-2-15-13-9-11-7-3-5-10-6-4-8-12(13)14(10)11/h3-8,13H,2,9H2,1H3. The summed E-state index contributed by atoms with van der Waals surface area (Å²) in [7, 11) is 0. The first-order valence-electron chi connectivity index (χ1n) is 5.52. The molecule has 0 heterocycles. The van der Waals surface area contributed by atoms with E-state index in [1.807, 2.05) is 0 Å². The number of ether oxygens (including phenoxy) is 1. The first kappa shape index (κ1) is 8.93. The summed E-state index contributed by atoms with van der Waals surface area (Å²) in [6.45, 7) is 2.85. The molecule has 0 radical (unpaired) electrons. The molecular formula is C14H14O. The molecule has 0 saturated carbocycles. The molecule has 76 valence electrons. The second kappa shape index (κ2) is 3.35. The van der Waals surface area contributed by atoms with Gasteiger partial charge < -0.3 is 4.74 Å². The van der Waals surface area contributed by atoms with E-state index in [0.29, 0.717) is 0 Å². The summed E-state index contributed by atoms with van der Waals surface area (Å²) in [5.74, 6) is 0. The zero-order chi connectivity index (χ0) is 10.3. The minimum absolute atomic E-state index is 0.274. The van der Waals surface area contributed by atoms with Crippen LogP contribution in [0.4, 0.5) is 0 Å². The Bertz CT molecular complexity index is 496. The Balaban J connectivity index is 2.22. The van der Waals surface area contributed by atoms with Gasteiger partial charge in [0.05, 0.1) is 6.10 Å². The van der Waals surface area contributed by atoms with E-state index in [1.165, 1.54) is 21.9 Å². The Hall–Kier alpha value is -1.34. The molecule has 0 bridgehead atoms. The maximum atomic E-state index is 5.78. The topological polar surface area (TPSA) is 9.23 Å². The van der Waals surface area contributed by atoms with Crippen LogP contribution in [0.2, 0.25) is 0 Å². The van der Waals surface area contributed by atoms with Gasteiger partial charge in [0, 0.05) is 13.0 Å². The molecule has 1 aliphatic carbocycles. The number of rotatable bonds is 2. The second-order valence-electron chi connectivity index (χ2n) is 4.01. The van der Waals surface area contributed by atoms with Crippen molar-refractivity contribution < 1.29 is 4.74 Å². The van der Waals surface area contributed by atoms with Gasteiger partial charge in [0.15, 0.2) is 0 Å². The molecule has 0 amide bonds. The molecule has 15 heavy (non-hydrogen) atoms. The lowest BCUT2D eigenvalue weighted by Crippen LogP contribution is -2.01. The van der Waals surface area contributed by atoms with Crippen LogP contribution < -0.4 is 0 Å². The van der Waals surface area contributed by atoms with Crippen molar-refractivity contribution in [1.82, 2.24) is 0 Å². The van der Waals surface area contributed by atoms with Crippen molar-refractivity contribution in [3.8, 4) is 0 Å². The van der Waals surface area contributed by atoms with Crippen LogP contribution in [0.3, 0.4) is 0 Å². The maximum absolute atomic E-state index is 5.78. The van der Waals surface area contributed by atoms with Crippen LogP contribution in [0.5, 0.6) is 0 Å². The van der Waals surface area contributed by atoms with Crippen LogP contribution in [-0.2, 0) is 11.2 Å². The van der Waals surface area contributed by atoms with Crippen LogP contribution in [-0.4, -0.2) is 6.61 Å². The first-order chi connectivity index (χ1) is 7.40. The average Bonchev–Trinajstić information content (AvgIpc) is 2.61. The van der Waals surface area contributed by atoms with Crippen LogP contribution in [0.1, 0.15) is 24.2 Å². The molecule has 1 aliphatic rings. The van der Waals surface area contributed by atoms with Gasteiger partial charge in [0.25, 0.3) is 0 Å². The smallest absolute Gasteiger partial charge is 0.0871 e. The largest absolute Gasteiger partial charge is 0.373 e. The van der Waals surface area contributed by atoms with E-state index in [4.69, 9.17) is 4.74 Å². The van der Waals surface area contributed by atoms with Gasteiger partial charge in [-0.3, -0.25) is 0 Å². The fourth-order valence-corrected chi connectivity index (χ4v) is 2.55. The summed E-state index contributed by atoms with van der Waals surface area (Å²) in [5.41, 5.74) is 2.80. The number of benzene rings is 2. The van der Waals surface area contributed by atoms with Gasteiger partial charge in [-0.05, 0) is 28.8 Å². The Labute approximate surface area is 89.7 Å². The Morgan fingerprint density at radius 2 is 2.00 bits per heavy atom. The van der Waals surface area contributed by atoms with E-state index in [1.54, 1.807) is 0 Å². The monoisotopic (exact) mass is 198 g/mol. The summed E-state index contributed by atoms with van der Waals surface area (Å²) in [6, 6.07) is 13.0. The van der Waals surface area contributed by atoms with Crippen molar-refractivity contribution in [2.24, 2.45) is 0 Å². The Morgan fingerprint density at radius 3 is 2.80 bits per heavy atom. The van der Waals surface area contributed by atoms with Crippen LogP contribution in [0, 0.1) is 0 Å². The zero-order valence-corrected chi connectivity index (χ0v) is 8.86. The van der Waals surface area contributed by atoms with E-state index >= 15 is 0 Å². The lowest BCUT2D eigenvalue weighted by Gasteiger charge is -2.10.